The van der Waals surface area contributed by atoms with E-state index in [1.807, 2.05) is 6.92 Å². The molecule has 0 aromatic rings. The van der Waals surface area contributed by atoms with Gasteiger partial charge in [-0.3, -0.25) is 9.59 Å². The molecule has 1 amide bonds. The summed E-state index contributed by atoms with van der Waals surface area (Å²) in [5.41, 5.74) is -0.469. The summed E-state index contributed by atoms with van der Waals surface area (Å²) in [4.78, 5) is 22.9. The van der Waals surface area contributed by atoms with Gasteiger partial charge < -0.3 is 20.5 Å². The van der Waals surface area contributed by atoms with Crippen LogP contribution >= 0.6 is 0 Å². The van der Waals surface area contributed by atoms with Crippen molar-refractivity contribution in [2.75, 3.05) is 33.4 Å². The zero-order chi connectivity index (χ0) is 14.3. The maximum absolute atomic E-state index is 12.3. The number of ether oxygens (including phenoxy) is 1. The Morgan fingerprint density at radius 3 is 2.58 bits per heavy atom. The third-order valence-electron chi connectivity index (χ3n) is 3.60. The van der Waals surface area contributed by atoms with Crippen molar-refractivity contribution < 1.29 is 19.4 Å². The molecule has 1 atom stereocenters. The Hall–Kier alpha value is -1.14. The summed E-state index contributed by atoms with van der Waals surface area (Å²) in [6, 6.07) is 0. The van der Waals surface area contributed by atoms with Gasteiger partial charge in [-0.1, -0.05) is 6.92 Å². The van der Waals surface area contributed by atoms with Gasteiger partial charge in [0.15, 0.2) is 0 Å². The highest BCUT2D eigenvalue weighted by atomic mass is 16.5. The monoisotopic (exact) mass is 272 g/mol. The van der Waals surface area contributed by atoms with Crippen molar-refractivity contribution in [3.8, 4) is 0 Å². The number of nitrogens with one attached hydrogen (secondary N) is 2. The van der Waals surface area contributed by atoms with E-state index in [9.17, 15) is 9.59 Å². The van der Waals surface area contributed by atoms with Crippen LogP contribution in [-0.4, -0.2) is 50.3 Å². The maximum Gasteiger partial charge on any atom is 0.303 e. The Morgan fingerprint density at radius 2 is 2.05 bits per heavy atom. The zero-order valence-corrected chi connectivity index (χ0v) is 11.7. The van der Waals surface area contributed by atoms with Gasteiger partial charge in [-0.25, -0.2) is 0 Å². The fourth-order valence-electron chi connectivity index (χ4n) is 2.44. The summed E-state index contributed by atoms with van der Waals surface area (Å²) in [6.45, 7) is 4.24. The van der Waals surface area contributed by atoms with Crippen molar-refractivity contribution in [3.63, 3.8) is 0 Å². The van der Waals surface area contributed by atoms with Crippen LogP contribution in [-0.2, 0) is 14.3 Å². The van der Waals surface area contributed by atoms with Gasteiger partial charge in [0.1, 0.15) is 0 Å². The molecule has 0 aromatic carbocycles. The second-order valence-electron chi connectivity index (χ2n) is 5.38. The lowest BCUT2D eigenvalue weighted by molar-refractivity contribution is -0.139. The number of carbonyl (C=O) groups is 2. The zero-order valence-electron chi connectivity index (χ0n) is 11.7. The molecule has 1 aliphatic rings. The van der Waals surface area contributed by atoms with Crippen LogP contribution in [0.4, 0.5) is 0 Å². The first-order valence-electron chi connectivity index (χ1n) is 6.70. The Kier molecular flexibility index (Phi) is 6.24. The first kappa shape index (κ1) is 15.9. The van der Waals surface area contributed by atoms with Crippen molar-refractivity contribution in [1.82, 2.24) is 10.6 Å². The molecule has 19 heavy (non-hydrogen) atoms. The molecular weight excluding hydrogens is 248 g/mol. The van der Waals surface area contributed by atoms with E-state index in [0.29, 0.717) is 13.2 Å². The van der Waals surface area contributed by atoms with Gasteiger partial charge in [-0.2, -0.15) is 0 Å². The molecule has 3 N–H and O–H groups in total. The number of hydrogen-bond donors (Lipinski definition) is 3. The third kappa shape index (κ3) is 4.80. The van der Waals surface area contributed by atoms with Crippen molar-refractivity contribution in [3.05, 3.63) is 0 Å². The first-order chi connectivity index (χ1) is 9.00. The van der Waals surface area contributed by atoms with Crippen LogP contribution in [0.25, 0.3) is 0 Å². The molecule has 1 aliphatic heterocycles. The molecule has 0 aromatic heterocycles. The molecule has 1 fully saturated rings. The van der Waals surface area contributed by atoms with Crippen molar-refractivity contribution in [1.29, 1.82) is 0 Å². The van der Waals surface area contributed by atoms with Gasteiger partial charge in [0.05, 0.1) is 12.0 Å². The highest BCUT2D eigenvalue weighted by Gasteiger charge is 2.39. The number of rotatable bonds is 7. The molecule has 1 saturated heterocycles. The molecule has 6 nitrogen and oxygen atoms in total. The van der Waals surface area contributed by atoms with E-state index in [0.717, 1.165) is 25.9 Å². The highest BCUT2D eigenvalue weighted by molar-refractivity contribution is 5.83. The summed E-state index contributed by atoms with van der Waals surface area (Å²) >= 11 is 0. The lowest BCUT2D eigenvalue weighted by Gasteiger charge is -2.35. The van der Waals surface area contributed by atoms with E-state index >= 15 is 0 Å². The molecule has 1 heterocycles. The Bertz CT molecular complexity index is 308. The minimum atomic E-state index is -0.838. The highest BCUT2D eigenvalue weighted by Crippen LogP contribution is 2.29. The van der Waals surface area contributed by atoms with Crippen LogP contribution in [0.1, 0.15) is 26.2 Å². The molecule has 0 saturated carbocycles. The fraction of sp³-hybridized carbons (Fsp3) is 0.846. The van der Waals surface area contributed by atoms with Crippen LogP contribution in [0.5, 0.6) is 0 Å². The molecular formula is C13H24N2O4. The van der Waals surface area contributed by atoms with E-state index in [1.54, 1.807) is 7.11 Å². The normalized spacial score (nSPS) is 19.7. The predicted octanol–water partition coefficient (Wildman–Crippen LogP) is 0.230. The fourth-order valence-corrected chi connectivity index (χ4v) is 2.44. The molecule has 0 bridgehead atoms. The van der Waals surface area contributed by atoms with Crippen molar-refractivity contribution >= 4 is 11.9 Å². The van der Waals surface area contributed by atoms with Crippen LogP contribution in [0.15, 0.2) is 0 Å². The second kappa shape index (κ2) is 7.45. The smallest absolute Gasteiger partial charge is 0.303 e. The largest absolute Gasteiger partial charge is 0.481 e. The predicted molar refractivity (Wildman–Crippen MR) is 70.8 cm³/mol. The molecule has 0 radical (unpaired) electrons. The SMILES string of the molecule is COCC1(C(=O)NCC(C)CC(=O)O)CCNCC1. The van der Waals surface area contributed by atoms with Crippen LogP contribution in [0, 0.1) is 11.3 Å². The van der Waals surface area contributed by atoms with Crippen molar-refractivity contribution in [2.45, 2.75) is 26.2 Å². The summed E-state index contributed by atoms with van der Waals surface area (Å²) in [7, 11) is 1.60. The summed E-state index contributed by atoms with van der Waals surface area (Å²) < 4.78 is 5.19. The third-order valence-corrected chi connectivity index (χ3v) is 3.60. The number of carboxylic acid groups (broad SMARTS) is 1. The number of hydrogen-bond acceptors (Lipinski definition) is 4. The Balaban J connectivity index is 2.50. The van der Waals surface area contributed by atoms with Crippen LogP contribution < -0.4 is 10.6 Å². The van der Waals surface area contributed by atoms with E-state index in [1.165, 1.54) is 0 Å². The lowest BCUT2D eigenvalue weighted by atomic mass is 9.78. The van der Waals surface area contributed by atoms with Gasteiger partial charge >= 0.3 is 5.97 Å². The van der Waals surface area contributed by atoms with E-state index in [-0.39, 0.29) is 18.2 Å². The minimum Gasteiger partial charge on any atom is -0.481 e. The average molecular weight is 272 g/mol. The molecule has 1 rings (SSSR count). The molecule has 6 heteroatoms. The summed E-state index contributed by atoms with van der Waals surface area (Å²) in [6.07, 6.45) is 1.57. The number of amides is 1. The Labute approximate surface area is 113 Å². The second-order valence-corrected chi connectivity index (χ2v) is 5.38. The van der Waals surface area contributed by atoms with Crippen LogP contribution in [0.2, 0.25) is 0 Å². The van der Waals surface area contributed by atoms with E-state index in [4.69, 9.17) is 9.84 Å². The van der Waals surface area contributed by atoms with E-state index in [2.05, 4.69) is 10.6 Å². The number of aliphatic carboxylic acids is 1. The Morgan fingerprint density at radius 1 is 1.42 bits per heavy atom. The van der Waals surface area contributed by atoms with Gasteiger partial charge in [0.2, 0.25) is 5.91 Å². The molecule has 110 valence electrons. The number of carboxylic acids is 1. The molecule has 0 spiro atoms. The number of methoxy groups -OCH3 is 1. The van der Waals surface area contributed by atoms with Crippen molar-refractivity contribution in [2.24, 2.45) is 11.3 Å². The lowest BCUT2D eigenvalue weighted by Crippen LogP contribution is -2.50. The van der Waals surface area contributed by atoms with Gasteiger partial charge in [0, 0.05) is 20.1 Å². The maximum atomic E-state index is 12.3. The summed E-state index contributed by atoms with van der Waals surface area (Å²) in [5, 5.41) is 14.8. The number of carbonyl (C=O) groups excluding carboxylic acids is 1. The van der Waals surface area contributed by atoms with E-state index < -0.39 is 11.4 Å². The number of piperidine rings is 1. The molecule has 1 unspecified atom stereocenters. The minimum absolute atomic E-state index is 0.0203. The van der Waals surface area contributed by atoms with Gasteiger partial charge in [0.25, 0.3) is 0 Å². The summed E-state index contributed by atoms with van der Waals surface area (Å²) in [5.74, 6) is -0.925. The average Bonchev–Trinajstić information content (AvgIpc) is 2.36. The van der Waals surface area contributed by atoms with Crippen LogP contribution in [0.3, 0.4) is 0 Å². The quantitative estimate of drug-likeness (QED) is 0.617. The van der Waals surface area contributed by atoms with Gasteiger partial charge in [-0.05, 0) is 31.8 Å². The standard InChI is InChI=1S/C13H24N2O4/c1-10(7-11(16)17)8-15-12(18)13(9-19-2)3-5-14-6-4-13/h10,14H,3-9H2,1-2H3,(H,15,18)(H,16,17). The molecule has 0 aliphatic carbocycles. The topological polar surface area (TPSA) is 87.7 Å². The first-order valence-corrected chi connectivity index (χ1v) is 6.70. The van der Waals surface area contributed by atoms with Gasteiger partial charge in [-0.15, -0.1) is 0 Å².